The lowest BCUT2D eigenvalue weighted by Gasteiger charge is -2.26. The van der Waals surface area contributed by atoms with Crippen molar-refractivity contribution in [2.75, 3.05) is 4.90 Å². The summed E-state index contributed by atoms with van der Waals surface area (Å²) < 4.78 is 0. The van der Waals surface area contributed by atoms with Crippen molar-refractivity contribution in [2.45, 2.75) is 0 Å². The zero-order valence-electron chi connectivity index (χ0n) is 15.4. The van der Waals surface area contributed by atoms with Crippen LogP contribution < -0.4 is 4.90 Å². The van der Waals surface area contributed by atoms with E-state index in [4.69, 9.17) is 0 Å². The second kappa shape index (κ2) is 10.0. The predicted molar refractivity (Wildman–Crippen MR) is 121 cm³/mol. The lowest BCUT2D eigenvalue weighted by molar-refractivity contribution is 0.112. The Bertz CT molecular complexity index is 956. The van der Waals surface area contributed by atoms with E-state index in [0.717, 1.165) is 33.8 Å². The van der Waals surface area contributed by atoms with Crippen LogP contribution in [0.3, 0.4) is 0 Å². The first-order chi connectivity index (χ1) is 13.8. The molecule has 3 heteroatoms. The molecular weight excluding hydrogens is 362 g/mol. The van der Waals surface area contributed by atoms with Gasteiger partial charge in [-0.05, 0) is 47.3 Å². The van der Waals surface area contributed by atoms with Gasteiger partial charge in [0.2, 0.25) is 0 Å². The van der Waals surface area contributed by atoms with Gasteiger partial charge < -0.3 is 4.90 Å². The Kier molecular flexibility index (Phi) is 6.94. The molecule has 2 nitrogen and oxygen atoms in total. The lowest BCUT2D eigenvalue weighted by Crippen LogP contribution is -2.10. The van der Waals surface area contributed by atoms with Crippen molar-refractivity contribution in [3.63, 3.8) is 0 Å². The van der Waals surface area contributed by atoms with Gasteiger partial charge in [-0.2, -0.15) is 0 Å². The molecule has 1 heterocycles. The van der Waals surface area contributed by atoms with Crippen molar-refractivity contribution >= 4 is 40.8 Å². The first-order valence-electron chi connectivity index (χ1n) is 8.94. The number of rotatable bonds is 5. The normalized spacial score (nSPS) is 9.71. The van der Waals surface area contributed by atoms with Gasteiger partial charge in [0.15, 0.2) is 6.29 Å². The van der Waals surface area contributed by atoms with E-state index in [2.05, 4.69) is 78.2 Å². The molecule has 0 saturated heterocycles. The first kappa shape index (κ1) is 19.3. The van der Waals surface area contributed by atoms with Gasteiger partial charge in [-0.15, -0.1) is 11.3 Å². The molecule has 3 aromatic carbocycles. The molecule has 0 atom stereocenters. The fourth-order valence-corrected chi connectivity index (χ4v) is 3.33. The van der Waals surface area contributed by atoms with Gasteiger partial charge in [0.1, 0.15) is 0 Å². The minimum Gasteiger partial charge on any atom is -0.310 e. The quantitative estimate of drug-likeness (QED) is 0.336. The second-order valence-electron chi connectivity index (χ2n) is 5.90. The Morgan fingerprint density at radius 1 is 0.714 bits per heavy atom. The summed E-state index contributed by atoms with van der Waals surface area (Å²) in [6.45, 7) is 3.93. The van der Waals surface area contributed by atoms with Gasteiger partial charge in [-0.1, -0.05) is 73.3 Å². The molecule has 0 bridgehead atoms. The van der Waals surface area contributed by atoms with Gasteiger partial charge in [-0.3, -0.25) is 4.79 Å². The first-order valence-corrected chi connectivity index (χ1v) is 9.82. The van der Waals surface area contributed by atoms with Crippen molar-refractivity contribution in [2.24, 2.45) is 0 Å². The van der Waals surface area contributed by atoms with Crippen LogP contribution in [0.2, 0.25) is 0 Å². The third kappa shape index (κ3) is 4.84. The van der Waals surface area contributed by atoms with E-state index in [-0.39, 0.29) is 0 Å². The average Bonchev–Trinajstić information content (AvgIpc) is 3.30. The van der Waals surface area contributed by atoms with Gasteiger partial charge in [0, 0.05) is 11.4 Å². The van der Waals surface area contributed by atoms with Gasteiger partial charge >= 0.3 is 0 Å². The highest BCUT2D eigenvalue weighted by atomic mass is 32.1. The number of hydrogen-bond acceptors (Lipinski definition) is 3. The number of para-hydroxylation sites is 3. The van der Waals surface area contributed by atoms with Gasteiger partial charge in [0.25, 0.3) is 0 Å². The third-order valence-electron chi connectivity index (χ3n) is 4.09. The third-order valence-corrected chi connectivity index (χ3v) is 4.88. The number of hydrogen-bond donors (Lipinski definition) is 0. The number of anilines is 3. The van der Waals surface area contributed by atoms with Crippen LogP contribution >= 0.6 is 11.3 Å². The summed E-state index contributed by atoms with van der Waals surface area (Å²) in [7, 11) is 0. The molecule has 0 spiro atoms. The van der Waals surface area contributed by atoms with E-state index >= 15 is 0 Å². The summed E-state index contributed by atoms with van der Waals surface area (Å²) >= 11 is 1.45. The molecule has 0 amide bonds. The zero-order chi connectivity index (χ0) is 19.6. The van der Waals surface area contributed by atoms with E-state index in [9.17, 15) is 4.79 Å². The molecule has 0 radical (unpaired) electrons. The molecule has 0 aliphatic rings. The van der Waals surface area contributed by atoms with Crippen molar-refractivity contribution in [1.82, 2.24) is 0 Å². The summed E-state index contributed by atoms with van der Waals surface area (Å²) in [5.74, 6) is 0. The van der Waals surface area contributed by atoms with Crippen LogP contribution in [0, 0.1) is 0 Å². The molecule has 0 fully saturated rings. The number of carbonyl (C=O) groups is 1. The molecule has 0 saturated carbocycles. The minimum absolute atomic E-state index is 0.792. The molecule has 138 valence electrons. The smallest absolute Gasteiger partial charge is 0.159 e. The Morgan fingerprint density at radius 2 is 1.29 bits per heavy atom. The maximum atomic E-state index is 9.88. The number of thiophene rings is 1. The van der Waals surface area contributed by atoms with E-state index in [1.807, 2.05) is 35.7 Å². The Labute approximate surface area is 170 Å². The number of aldehydes is 1. The monoisotopic (exact) mass is 383 g/mol. The van der Waals surface area contributed by atoms with E-state index in [1.165, 1.54) is 11.3 Å². The average molecular weight is 384 g/mol. The van der Waals surface area contributed by atoms with E-state index < -0.39 is 0 Å². The van der Waals surface area contributed by atoms with Crippen LogP contribution in [0.4, 0.5) is 17.1 Å². The highest BCUT2D eigenvalue weighted by Gasteiger charge is 2.13. The zero-order valence-corrected chi connectivity index (χ0v) is 16.3. The van der Waals surface area contributed by atoms with Crippen molar-refractivity contribution in [3.05, 3.63) is 119 Å². The molecule has 4 rings (SSSR count). The number of carbonyl (C=O) groups excluding carboxylic acids is 1. The summed E-state index contributed by atoms with van der Waals surface area (Å²) in [6.07, 6.45) is 2.75. The maximum absolute atomic E-state index is 9.88. The SMILES string of the molecule is C=Cc1ccccc1N(c1ccccc1)c1ccccc1.O=Cc1cccs1. The van der Waals surface area contributed by atoms with Crippen molar-refractivity contribution < 1.29 is 4.79 Å². The minimum atomic E-state index is 0.792. The summed E-state index contributed by atoms with van der Waals surface area (Å²) in [5, 5.41) is 1.88. The molecule has 0 N–H and O–H groups in total. The topological polar surface area (TPSA) is 20.3 Å². The van der Waals surface area contributed by atoms with Crippen molar-refractivity contribution in [3.8, 4) is 0 Å². The summed E-state index contributed by atoms with van der Waals surface area (Å²) in [6, 6.07) is 32.7. The van der Waals surface area contributed by atoms with Crippen LogP contribution in [0.5, 0.6) is 0 Å². The molecule has 0 unspecified atom stereocenters. The second-order valence-corrected chi connectivity index (χ2v) is 6.88. The molecular formula is C25H21NOS. The standard InChI is InChI=1S/C20H17N.C5H4OS/c1-2-17-11-9-10-16-20(17)21(18-12-5-3-6-13-18)19-14-7-4-8-15-19;6-4-5-2-1-3-7-5/h2-16H,1H2;1-4H. The summed E-state index contributed by atoms with van der Waals surface area (Å²) in [5.41, 5.74) is 4.52. The van der Waals surface area contributed by atoms with E-state index in [1.54, 1.807) is 6.07 Å². The predicted octanol–water partition coefficient (Wildman–Crippen LogP) is 7.36. The lowest BCUT2D eigenvalue weighted by atomic mass is 10.1. The van der Waals surface area contributed by atoms with Crippen LogP contribution in [-0.2, 0) is 0 Å². The molecule has 0 aliphatic carbocycles. The van der Waals surface area contributed by atoms with Gasteiger partial charge in [-0.25, -0.2) is 0 Å². The largest absolute Gasteiger partial charge is 0.310 e. The number of nitrogens with zero attached hydrogens (tertiary/aromatic N) is 1. The Balaban J connectivity index is 0.000000271. The van der Waals surface area contributed by atoms with Crippen molar-refractivity contribution in [1.29, 1.82) is 0 Å². The fraction of sp³-hybridized carbons (Fsp3) is 0. The Hall–Kier alpha value is -3.43. The highest BCUT2D eigenvalue weighted by molar-refractivity contribution is 7.11. The molecule has 28 heavy (non-hydrogen) atoms. The van der Waals surface area contributed by atoms with E-state index in [0.29, 0.717) is 0 Å². The Morgan fingerprint density at radius 3 is 1.75 bits per heavy atom. The van der Waals surface area contributed by atoms with Crippen LogP contribution in [-0.4, -0.2) is 6.29 Å². The maximum Gasteiger partial charge on any atom is 0.159 e. The van der Waals surface area contributed by atoms with Gasteiger partial charge in [0.05, 0.1) is 10.6 Å². The van der Waals surface area contributed by atoms with Crippen LogP contribution in [0.25, 0.3) is 6.08 Å². The molecule has 0 aliphatic heterocycles. The highest BCUT2D eigenvalue weighted by Crippen LogP contribution is 2.36. The van der Waals surface area contributed by atoms with Crippen LogP contribution in [0.15, 0.2) is 109 Å². The molecule has 1 aromatic heterocycles. The van der Waals surface area contributed by atoms with Crippen LogP contribution in [0.1, 0.15) is 15.2 Å². The summed E-state index contributed by atoms with van der Waals surface area (Å²) in [4.78, 5) is 12.9. The fourth-order valence-electron chi connectivity index (χ4n) is 2.80. The number of benzene rings is 3. The molecule has 4 aromatic rings.